The predicted molar refractivity (Wildman–Crippen MR) is 81.0 cm³/mol. The summed E-state index contributed by atoms with van der Waals surface area (Å²) in [6.45, 7) is 6.62. The summed E-state index contributed by atoms with van der Waals surface area (Å²) in [4.78, 5) is 4.66. The molecule has 2 atom stereocenters. The van der Waals surface area contributed by atoms with E-state index in [9.17, 15) is 0 Å². The van der Waals surface area contributed by atoms with Crippen LogP contribution in [0, 0.1) is 12.3 Å². The predicted octanol–water partition coefficient (Wildman–Crippen LogP) is 3.83. The second kappa shape index (κ2) is 4.46. The van der Waals surface area contributed by atoms with Gasteiger partial charge in [-0.1, -0.05) is 31.3 Å². The van der Waals surface area contributed by atoms with Gasteiger partial charge in [-0.25, -0.2) is 4.98 Å². The maximum absolute atomic E-state index is 5.49. The highest BCUT2D eigenvalue weighted by molar-refractivity contribution is 7.22. The zero-order chi connectivity index (χ0) is 13.6. The summed E-state index contributed by atoms with van der Waals surface area (Å²) in [5.41, 5.74) is 2.53. The minimum absolute atomic E-state index is 0.169. The van der Waals surface area contributed by atoms with Crippen molar-refractivity contribution < 1.29 is 4.74 Å². The molecule has 1 aromatic heterocycles. The Kier molecular flexibility index (Phi) is 3.02. The summed E-state index contributed by atoms with van der Waals surface area (Å²) in [6, 6.07) is 6.84. The van der Waals surface area contributed by atoms with Crippen LogP contribution < -0.4 is 5.32 Å². The lowest BCUT2D eigenvalue weighted by Gasteiger charge is -2.51. The number of methoxy groups -OCH3 is 1. The fourth-order valence-electron chi connectivity index (χ4n) is 2.77. The van der Waals surface area contributed by atoms with Gasteiger partial charge in [0.15, 0.2) is 5.13 Å². The van der Waals surface area contributed by atoms with Crippen LogP contribution in [0.3, 0.4) is 0 Å². The molecule has 1 aliphatic carbocycles. The lowest BCUT2D eigenvalue weighted by Crippen LogP contribution is -2.57. The fourth-order valence-corrected chi connectivity index (χ4v) is 3.79. The van der Waals surface area contributed by atoms with Crippen LogP contribution in [0.15, 0.2) is 18.2 Å². The Morgan fingerprint density at radius 1 is 1.42 bits per heavy atom. The van der Waals surface area contributed by atoms with Gasteiger partial charge >= 0.3 is 0 Å². The first-order valence-corrected chi connectivity index (χ1v) is 7.49. The van der Waals surface area contributed by atoms with E-state index >= 15 is 0 Å². The van der Waals surface area contributed by atoms with Crippen LogP contribution in [-0.2, 0) is 4.74 Å². The van der Waals surface area contributed by atoms with Crippen molar-refractivity contribution >= 4 is 26.7 Å². The minimum Gasteiger partial charge on any atom is -0.381 e. The summed E-state index contributed by atoms with van der Waals surface area (Å²) in [6.07, 6.45) is 1.40. The van der Waals surface area contributed by atoms with E-state index in [4.69, 9.17) is 4.74 Å². The molecule has 0 saturated heterocycles. The van der Waals surface area contributed by atoms with Crippen molar-refractivity contribution in [3.05, 3.63) is 23.8 Å². The molecular formula is C15H20N2OS. The van der Waals surface area contributed by atoms with Crippen LogP contribution in [0.5, 0.6) is 0 Å². The molecule has 1 fully saturated rings. The molecule has 0 amide bonds. The molecule has 19 heavy (non-hydrogen) atoms. The van der Waals surface area contributed by atoms with Gasteiger partial charge in [0.05, 0.1) is 16.3 Å². The molecule has 3 nitrogen and oxygen atoms in total. The number of hydrogen-bond acceptors (Lipinski definition) is 4. The summed E-state index contributed by atoms with van der Waals surface area (Å²) in [5.74, 6) is 0. The van der Waals surface area contributed by atoms with Crippen molar-refractivity contribution in [2.75, 3.05) is 12.4 Å². The van der Waals surface area contributed by atoms with Crippen molar-refractivity contribution in [1.29, 1.82) is 0 Å². The van der Waals surface area contributed by atoms with E-state index in [0.29, 0.717) is 12.1 Å². The van der Waals surface area contributed by atoms with Crippen LogP contribution >= 0.6 is 11.3 Å². The van der Waals surface area contributed by atoms with E-state index in [1.807, 2.05) is 0 Å². The first kappa shape index (κ1) is 12.9. The molecule has 1 saturated carbocycles. The van der Waals surface area contributed by atoms with Gasteiger partial charge in [0.2, 0.25) is 0 Å². The van der Waals surface area contributed by atoms with Crippen LogP contribution in [0.2, 0.25) is 0 Å². The van der Waals surface area contributed by atoms with Crippen molar-refractivity contribution in [1.82, 2.24) is 4.98 Å². The van der Waals surface area contributed by atoms with Crippen LogP contribution in [0.4, 0.5) is 5.13 Å². The Balaban J connectivity index is 1.79. The topological polar surface area (TPSA) is 34.1 Å². The summed E-state index contributed by atoms with van der Waals surface area (Å²) in [7, 11) is 1.79. The number of anilines is 1. The Bertz CT molecular complexity index is 605. The molecule has 1 aromatic carbocycles. The summed E-state index contributed by atoms with van der Waals surface area (Å²) in [5, 5.41) is 4.59. The molecule has 2 aromatic rings. The fraction of sp³-hybridized carbons (Fsp3) is 0.533. The number of aryl methyl sites for hydroxylation is 1. The first-order valence-electron chi connectivity index (χ1n) is 6.67. The molecule has 1 N–H and O–H groups in total. The molecule has 1 aliphatic rings. The second-order valence-electron chi connectivity index (χ2n) is 5.97. The molecule has 0 radical (unpaired) electrons. The standard InChI is InChI=1S/C15H20N2OS/c1-9-5-6-10-11(7-9)19-14(16-10)17-12-8-13(18-4)15(12,2)3/h5-7,12-13H,8H2,1-4H3,(H,16,17). The van der Waals surface area contributed by atoms with Gasteiger partial charge in [-0.3, -0.25) is 0 Å². The number of hydrogen-bond donors (Lipinski definition) is 1. The minimum atomic E-state index is 0.169. The lowest BCUT2D eigenvalue weighted by atomic mass is 9.64. The zero-order valence-electron chi connectivity index (χ0n) is 11.9. The van der Waals surface area contributed by atoms with Crippen molar-refractivity contribution in [2.45, 2.75) is 39.3 Å². The zero-order valence-corrected chi connectivity index (χ0v) is 12.7. The Morgan fingerprint density at radius 2 is 2.21 bits per heavy atom. The van der Waals surface area contributed by atoms with Crippen LogP contribution in [0.25, 0.3) is 10.2 Å². The van der Waals surface area contributed by atoms with Gasteiger partial charge in [-0.15, -0.1) is 0 Å². The number of thiazole rings is 1. The first-order chi connectivity index (χ1) is 9.00. The van der Waals surface area contributed by atoms with E-state index in [2.05, 4.69) is 49.3 Å². The quantitative estimate of drug-likeness (QED) is 0.925. The Labute approximate surface area is 118 Å². The van der Waals surface area contributed by atoms with E-state index in [0.717, 1.165) is 17.1 Å². The molecule has 2 unspecified atom stereocenters. The number of rotatable bonds is 3. The van der Waals surface area contributed by atoms with Gasteiger partial charge in [0, 0.05) is 18.6 Å². The van der Waals surface area contributed by atoms with Crippen molar-refractivity contribution in [3.8, 4) is 0 Å². The van der Waals surface area contributed by atoms with E-state index < -0.39 is 0 Å². The Morgan fingerprint density at radius 3 is 2.89 bits per heavy atom. The maximum atomic E-state index is 5.49. The highest BCUT2D eigenvalue weighted by atomic mass is 32.1. The number of benzene rings is 1. The number of aromatic nitrogens is 1. The van der Waals surface area contributed by atoms with E-state index in [-0.39, 0.29) is 5.41 Å². The van der Waals surface area contributed by atoms with Crippen molar-refractivity contribution in [3.63, 3.8) is 0 Å². The Hall–Kier alpha value is -1.13. The lowest BCUT2D eigenvalue weighted by molar-refractivity contribution is -0.0794. The van der Waals surface area contributed by atoms with Gasteiger partial charge in [0.1, 0.15) is 0 Å². The summed E-state index contributed by atoms with van der Waals surface area (Å²) < 4.78 is 6.74. The van der Waals surface area contributed by atoms with Gasteiger partial charge < -0.3 is 10.1 Å². The van der Waals surface area contributed by atoms with Gasteiger partial charge in [-0.2, -0.15) is 0 Å². The third-order valence-electron chi connectivity index (χ3n) is 4.30. The van der Waals surface area contributed by atoms with E-state index in [1.165, 1.54) is 10.3 Å². The third kappa shape index (κ3) is 2.13. The smallest absolute Gasteiger partial charge is 0.184 e. The maximum Gasteiger partial charge on any atom is 0.184 e. The number of ether oxygens (including phenoxy) is 1. The molecule has 0 spiro atoms. The third-order valence-corrected chi connectivity index (χ3v) is 5.25. The average Bonchev–Trinajstić information content (AvgIpc) is 2.75. The molecule has 1 heterocycles. The van der Waals surface area contributed by atoms with Gasteiger partial charge in [0.25, 0.3) is 0 Å². The molecule has 4 heteroatoms. The van der Waals surface area contributed by atoms with E-state index in [1.54, 1.807) is 18.4 Å². The number of fused-ring (bicyclic) bond motifs is 1. The second-order valence-corrected chi connectivity index (χ2v) is 7.00. The van der Waals surface area contributed by atoms with Crippen LogP contribution in [-0.4, -0.2) is 24.2 Å². The number of nitrogens with one attached hydrogen (secondary N) is 1. The highest BCUT2D eigenvalue weighted by Crippen LogP contribution is 2.44. The molecule has 0 bridgehead atoms. The molecule has 3 rings (SSSR count). The monoisotopic (exact) mass is 276 g/mol. The van der Waals surface area contributed by atoms with Gasteiger partial charge in [-0.05, 0) is 31.0 Å². The largest absolute Gasteiger partial charge is 0.381 e. The summed E-state index contributed by atoms with van der Waals surface area (Å²) >= 11 is 1.74. The molecule has 0 aliphatic heterocycles. The normalized spacial score (nSPS) is 25.3. The van der Waals surface area contributed by atoms with Crippen LogP contribution in [0.1, 0.15) is 25.8 Å². The number of nitrogens with zero attached hydrogens (tertiary/aromatic N) is 1. The molecule has 102 valence electrons. The van der Waals surface area contributed by atoms with Crippen molar-refractivity contribution in [2.24, 2.45) is 5.41 Å². The highest BCUT2D eigenvalue weighted by Gasteiger charge is 2.48. The molecular weight excluding hydrogens is 256 g/mol. The SMILES string of the molecule is COC1CC(Nc2nc3ccc(C)cc3s2)C1(C)C. The average molecular weight is 276 g/mol.